The number of carbonyl (C=O) groups excluding carboxylic acids is 1. The molecule has 1 atom stereocenters. The van der Waals surface area contributed by atoms with E-state index < -0.39 is 6.10 Å². The molecule has 1 aromatic rings. The number of aliphatic hydroxyl groups is 1. The fraction of sp³-hybridized carbons (Fsp3) is 0.800. The van der Waals surface area contributed by atoms with Gasteiger partial charge in [0.05, 0.1) is 6.10 Å². The normalized spacial score (nSPS) is 17.3. The summed E-state index contributed by atoms with van der Waals surface area (Å²) in [5.41, 5.74) is 0. The number of carbonyl (C=O) groups is 1. The molecule has 21 heavy (non-hydrogen) atoms. The Bertz CT molecular complexity index is 453. The second kappa shape index (κ2) is 7.54. The van der Waals surface area contributed by atoms with Gasteiger partial charge in [0.25, 0.3) is 0 Å². The minimum absolute atomic E-state index is 0.102. The van der Waals surface area contributed by atoms with E-state index in [-0.39, 0.29) is 18.4 Å². The van der Waals surface area contributed by atoms with Gasteiger partial charge < -0.3 is 14.9 Å². The van der Waals surface area contributed by atoms with Crippen molar-refractivity contribution < 1.29 is 14.4 Å². The van der Waals surface area contributed by atoms with Crippen LogP contribution in [-0.4, -0.2) is 33.8 Å². The van der Waals surface area contributed by atoms with Gasteiger partial charge in [-0.2, -0.15) is 4.98 Å². The average Bonchev–Trinajstić information content (AvgIpc) is 3.12. The van der Waals surface area contributed by atoms with Gasteiger partial charge in [-0.25, -0.2) is 0 Å². The molecule has 0 radical (unpaired) electrons. The molecule has 0 saturated heterocycles. The van der Waals surface area contributed by atoms with Crippen LogP contribution in [0, 0.1) is 5.92 Å². The van der Waals surface area contributed by atoms with Crippen LogP contribution in [0.5, 0.6) is 0 Å². The maximum Gasteiger partial charge on any atom is 0.227 e. The maximum absolute atomic E-state index is 11.7. The van der Waals surface area contributed by atoms with E-state index in [0.29, 0.717) is 24.7 Å². The summed E-state index contributed by atoms with van der Waals surface area (Å²) < 4.78 is 5.20. The molecule has 1 heterocycles. The van der Waals surface area contributed by atoms with E-state index in [4.69, 9.17) is 4.52 Å². The van der Waals surface area contributed by atoms with Gasteiger partial charge in [0.2, 0.25) is 11.8 Å². The van der Waals surface area contributed by atoms with E-state index in [0.717, 1.165) is 18.7 Å². The maximum atomic E-state index is 11.7. The van der Waals surface area contributed by atoms with E-state index in [1.54, 1.807) is 0 Å². The van der Waals surface area contributed by atoms with Crippen LogP contribution in [0.2, 0.25) is 0 Å². The molecule has 2 N–H and O–H groups in total. The van der Waals surface area contributed by atoms with Crippen molar-refractivity contribution in [2.24, 2.45) is 5.92 Å². The Kier molecular flexibility index (Phi) is 5.73. The van der Waals surface area contributed by atoms with Crippen molar-refractivity contribution in [3.63, 3.8) is 0 Å². The van der Waals surface area contributed by atoms with Gasteiger partial charge in [-0.15, -0.1) is 0 Å². The predicted octanol–water partition coefficient (Wildman–Crippen LogP) is 1.79. The number of nitrogens with one attached hydrogen (secondary N) is 1. The Morgan fingerprint density at radius 3 is 2.81 bits per heavy atom. The zero-order valence-electron chi connectivity index (χ0n) is 12.8. The number of aliphatic hydroxyl groups excluding tert-OH is 1. The fourth-order valence-electron chi connectivity index (χ4n) is 2.48. The summed E-state index contributed by atoms with van der Waals surface area (Å²) in [5.74, 6) is 1.78. The van der Waals surface area contributed by atoms with Crippen LogP contribution in [0.1, 0.15) is 63.6 Å². The first-order valence-electron chi connectivity index (χ1n) is 7.83. The molecular weight excluding hydrogens is 270 g/mol. The van der Waals surface area contributed by atoms with Gasteiger partial charge >= 0.3 is 0 Å². The van der Waals surface area contributed by atoms with Gasteiger partial charge in [0, 0.05) is 25.3 Å². The number of hydrogen-bond acceptors (Lipinski definition) is 5. The van der Waals surface area contributed by atoms with Gasteiger partial charge in [-0.3, -0.25) is 4.79 Å². The number of hydrogen-bond donors (Lipinski definition) is 2. The third-order valence-corrected chi connectivity index (χ3v) is 4.05. The Hall–Kier alpha value is -1.43. The molecule has 0 aliphatic heterocycles. The van der Waals surface area contributed by atoms with Crippen molar-refractivity contribution in [1.29, 1.82) is 0 Å². The minimum Gasteiger partial charge on any atom is -0.391 e. The first-order chi connectivity index (χ1) is 10.1. The van der Waals surface area contributed by atoms with Crippen molar-refractivity contribution in [3.05, 3.63) is 11.7 Å². The second-order valence-corrected chi connectivity index (χ2v) is 6.14. The van der Waals surface area contributed by atoms with E-state index in [9.17, 15) is 9.90 Å². The highest BCUT2D eigenvalue weighted by Gasteiger charge is 2.22. The van der Waals surface area contributed by atoms with Crippen molar-refractivity contribution in [2.75, 3.05) is 6.54 Å². The van der Waals surface area contributed by atoms with Crippen LogP contribution in [0.3, 0.4) is 0 Å². The van der Waals surface area contributed by atoms with Crippen LogP contribution in [0.4, 0.5) is 0 Å². The van der Waals surface area contributed by atoms with Gasteiger partial charge in [0.1, 0.15) is 0 Å². The first kappa shape index (κ1) is 15.9. The molecule has 1 saturated carbocycles. The third kappa shape index (κ3) is 4.81. The number of aromatic nitrogens is 2. The largest absolute Gasteiger partial charge is 0.391 e. The highest BCUT2D eigenvalue weighted by Crippen LogP contribution is 2.32. The van der Waals surface area contributed by atoms with E-state index in [1.165, 1.54) is 12.8 Å². The zero-order valence-corrected chi connectivity index (χ0v) is 12.8. The molecule has 1 aliphatic rings. The van der Waals surface area contributed by atoms with Crippen LogP contribution >= 0.6 is 0 Å². The molecule has 1 unspecified atom stereocenters. The minimum atomic E-state index is -0.508. The number of aryl methyl sites for hydroxylation is 1. The Balaban J connectivity index is 1.71. The SMILES string of the molecule is CC(C)C(O)CNC(=O)CCc1nc(C2CCCC2)no1. The molecule has 1 aromatic heterocycles. The standard InChI is InChI=1S/C15H25N3O3/c1-10(2)12(19)9-16-13(20)7-8-14-17-15(18-21-14)11-5-3-4-6-11/h10-12,19H,3-9H2,1-2H3,(H,16,20). The summed E-state index contributed by atoms with van der Waals surface area (Å²) >= 11 is 0. The topological polar surface area (TPSA) is 88.2 Å². The first-order valence-corrected chi connectivity index (χ1v) is 7.83. The Morgan fingerprint density at radius 1 is 1.43 bits per heavy atom. The van der Waals surface area contributed by atoms with Crippen LogP contribution < -0.4 is 5.32 Å². The smallest absolute Gasteiger partial charge is 0.227 e. The lowest BCUT2D eigenvalue weighted by Crippen LogP contribution is -2.34. The molecule has 1 amide bonds. The summed E-state index contributed by atoms with van der Waals surface area (Å²) in [5, 5.41) is 16.4. The molecule has 0 bridgehead atoms. The third-order valence-electron chi connectivity index (χ3n) is 4.05. The summed E-state index contributed by atoms with van der Waals surface area (Å²) in [6, 6.07) is 0. The Labute approximate surface area is 125 Å². The van der Waals surface area contributed by atoms with Crippen molar-refractivity contribution in [2.45, 2.75) is 64.4 Å². The molecule has 1 aliphatic carbocycles. The monoisotopic (exact) mass is 295 g/mol. The van der Waals surface area contributed by atoms with Gasteiger partial charge in [-0.05, 0) is 18.8 Å². The predicted molar refractivity (Wildman–Crippen MR) is 77.7 cm³/mol. The van der Waals surface area contributed by atoms with Crippen LogP contribution in [0.25, 0.3) is 0 Å². The summed E-state index contributed by atoms with van der Waals surface area (Å²) in [7, 11) is 0. The second-order valence-electron chi connectivity index (χ2n) is 6.14. The summed E-state index contributed by atoms with van der Waals surface area (Å²) in [4.78, 5) is 16.1. The highest BCUT2D eigenvalue weighted by molar-refractivity contribution is 5.76. The quantitative estimate of drug-likeness (QED) is 0.800. The number of rotatable bonds is 7. The van der Waals surface area contributed by atoms with Crippen LogP contribution in [0.15, 0.2) is 4.52 Å². The van der Waals surface area contributed by atoms with Crippen LogP contribution in [-0.2, 0) is 11.2 Å². The van der Waals surface area contributed by atoms with Gasteiger partial charge in [-0.1, -0.05) is 31.8 Å². The molecule has 6 nitrogen and oxygen atoms in total. The van der Waals surface area contributed by atoms with E-state index in [1.807, 2.05) is 13.8 Å². The zero-order chi connectivity index (χ0) is 15.2. The molecule has 0 aromatic carbocycles. The molecule has 0 spiro atoms. The van der Waals surface area contributed by atoms with Crippen molar-refractivity contribution in [1.82, 2.24) is 15.5 Å². The van der Waals surface area contributed by atoms with E-state index >= 15 is 0 Å². The molecule has 1 fully saturated rings. The Morgan fingerprint density at radius 2 is 2.14 bits per heavy atom. The number of amides is 1. The van der Waals surface area contributed by atoms with Crippen molar-refractivity contribution >= 4 is 5.91 Å². The van der Waals surface area contributed by atoms with E-state index in [2.05, 4.69) is 15.5 Å². The molecule has 2 rings (SSSR count). The lowest BCUT2D eigenvalue weighted by molar-refractivity contribution is -0.121. The number of nitrogens with zero attached hydrogens (tertiary/aromatic N) is 2. The highest BCUT2D eigenvalue weighted by atomic mass is 16.5. The lowest BCUT2D eigenvalue weighted by Gasteiger charge is -2.14. The van der Waals surface area contributed by atoms with Gasteiger partial charge in [0.15, 0.2) is 5.82 Å². The van der Waals surface area contributed by atoms with Crippen molar-refractivity contribution in [3.8, 4) is 0 Å². The molecule has 118 valence electrons. The molecule has 6 heteroatoms. The average molecular weight is 295 g/mol. The fourth-order valence-corrected chi connectivity index (χ4v) is 2.48. The summed E-state index contributed by atoms with van der Waals surface area (Å²) in [6.45, 7) is 4.12. The lowest BCUT2D eigenvalue weighted by atomic mass is 10.1. The molecular formula is C15H25N3O3. The summed E-state index contributed by atoms with van der Waals surface area (Å²) in [6.07, 6.45) is 4.97.